The zero-order valence-electron chi connectivity index (χ0n) is 31.0. The number of hydrogen-bond donors (Lipinski definition) is 10. The van der Waals surface area contributed by atoms with Crippen molar-refractivity contribution in [3.8, 4) is 5.75 Å². The molecule has 1 saturated heterocycles. The summed E-state index contributed by atoms with van der Waals surface area (Å²) in [7, 11) is -16.4. The smallest absolute Gasteiger partial charge is 0.481 e. The Balaban J connectivity index is 1.20. The summed E-state index contributed by atoms with van der Waals surface area (Å²) in [5.41, 5.74) is 4.94. The Bertz CT molecular complexity index is 2140. The Morgan fingerprint density at radius 3 is 2.39 bits per heavy atom. The number of phenols is 1. The summed E-state index contributed by atoms with van der Waals surface area (Å²) in [5, 5.41) is 35.4. The number of carbonyl (C=O) groups excluding carboxylic acids is 3. The van der Waals surface area contributed by atoms with Crippen LogP contribution < -0.4 is 16.4 Å². The predicted octanol–water partition coefficient (Wildman–Crippen LogP) is 0.0837. The number of benzene rings is 1. The molecule has 7 atom stereocenters. The quantitative estimate of drug-likeness (QED) is 0.0384. The molecule has 0 aliphatic carbocycles. The molecule has 25 nitrogen and oxygen atoms in total. The van der Waals surface area contributed by atoms with Crippen molar-refractivity contribution in [2.24, 2.45) is 5.41 Å². The van der Waals surface area contributed by atoms with Crippen molar-refractivity contribution in [2.75, 3.05) is 37.8 Å². The molecule has 59 heavy (non-hydrogen) atoms. The second-order valence-corrected chi connectivity index (χ2v) is 18.5. The molecule has 3 aromatic rings. The number of aromatic hydroxyl groups is 1. The number of nitrogens with one attached hydrogen (secondary N) is 2. The number of aliphatic hydroxyl groups excluding tert-OH is 2. The average Bonchev–Trinajstić information content (AvgIpc) is 3.71. The summed E-state index contributed by atoms with van der Waals surface area (Å²) in [6, 6.07) is 6.21. The van der Waals surface area contributed by atoms with Gasteiger partial charge in [-0.15, -0.1) is 0 Å². The topological polar surface area (TPSA) is 384 Å². The van der Waals surface area contributed by atoms with E-state index in [1.54, 1.807) is 18.2 Å². The maximum atomic E-state index is 12.7. The monoisotopic (exact) mass is 913 g/mol. The second-order valence-electron chi connectivity index (χ2n) is 13.2. The minimum atomic E-state index is -5.58. The molecule has 2 aromatic heterocycles. The van der Waals surface area contributed by atoms with Gasteiger partial charge in [0.05, 0.1) is 19.5 Å². The molecule has 0 spiro atoms. The number of phosphoric acid groups is 3. The minimum Gasteiger partial charge on any atom is -0.508 e. The standard InChI is InChI=1S/C30H42N7O18P3S/c1-30(2,25(42)28(43)33-10-9-20(39)32-11-12-59-21(40)8-5-17-3-6-18(38)7-4-17)14-52-58(49,50)55-57(47,48)51-13-19-24(54-56(44,45)46)23(41)29(53-19)37-16-36-22-26(31)34-15-35-27(22)37/h3-8,15-16,19,23-25,29,38,41-42H,9-14H2,1-2H3,(H,32,39)(H,33,43)(H,47,48)(H,49,50)(H2,31,34,35)(H2,44,45,46)/b8-5+/t19-,23?,24?,25+,29-/m0/s1. The fourth-order valence-corrected chi connectivity index (χ4v) is 8.48. The van der Waals surface area contributed by atoms with Crippen LogP contribution in [0.15, 0.2) is 43.0 Å². The zero-order valence-corrected chi connectivity index (χ0v) is 34.5. The number of fused-ring (bicyclic) bond motifs is 1. The van der Waals surface area contributed by atoms with Gasteiger partial charge in [-0.1, -0.05) is 43.8 Å². The second kappa shape index (κ2) is 20.3. The van der Waals surface area contributed by atoms with E-state index >= 15 is 0 Å². The summed E-state index contributed by atoms with van der Waals surface area (Å²) in [4.78, 5) is 87.7. The van der Waals surface area contributed by atoms with Gasteiger partial charge in [-0.3, -0.25) is 32.5 Å². The third-order valence-corrected chi connectivity index (χ3v) is 12.0. The maximum absolute atomic E-state index is 12.7. The number of aliphatic hydroxyl groups is 2. The summed E-state index contributed by atoms with van der Waals surface area (Å²) in [6.07, 6.45) is -4.10. The highest BCUT2D eigenvalue weighted by Crippen LogP contribution is 2.61. The number of aromatic nitrogens is 4. The van der Waals surface area contributed by atoms with Crippen LogP contribution in [0.25, 0.3) is 17.2 Å². The number of ether oxygens (including phenoxy) is 1. The predicted molar refractivity (Wildman–Crippen MR) is 204 cm³/mol. The molecular weight excluding hydrogens is 871 g/mol. The summed E-state index contributed by atoms with van der Waals surface area (Å²) < 4.78 is 62.1. The molecule has 0 bridgehead atoms. The highest BCUT2D eigenvalue weighted by Gasteiger charge is 2.50. The lowest BCUT2D eigenvalue weighted by atomic mass is 9.87. The summed E-state index contributed by atoms with van der Waals surface area (Å²) in [6.45, 7) is 0.345. The van der Waals surface area contributed by atoms with Gasteiger partial charge >= 0.3 is 23.5 Å². The van der Waals surface area contributed by atoms with E-state index in [4.69, 9.17) is 19.5 Å². The molecule has 11 N–H and O–H groups in total. The van der Waals surface area contributed by atoms with Crippen molar-refractivity contribution in [1.82, 2.24) is 30.2 Å². The lowest BCUT2D eigenvalue weighted by Gasteiger charge is -2.30. The van der Waals surface area contributed by atoms with Gasteiger partial charge in [-0.25, -0.2) is 28.6 Å². The number of nitrogens with two attached hydrogens (primary N) is 1. The van der Waals surface area contributed by atoms with Gasteiger partial charge in [0.1, 0.15) is 42.0 Å². The number of phosphoric ester groups is 3. The first kappa shape index (κ1) is 48.0. The number of carbonyl (C=O) groups is 3. The summed E-state index contributed by atoms with van der Waals surface area (Å²) in [5.74, 6) is -1.17. The SMILES string of the molecule is CC(C)(COP(=O)(O)OP(=O)(O)OC[C@@H]1O[C@H](n2cnc3c(N)ncnc32)C(O)C1OP(=O)(O)O)[C@H](O)C(=O)NCCC(=O)NCCSC(=O)/C=C/c1ccc(O)cc1. The van der Waals surface area contributed by atoms with Crippen LogP contribution in [-0.4, -0.2) is 128 Å². The first-order valence-electron chi connectivity index (χ1n) is 17.0. The Labute approximate surface area is 338 Å². The largest absolute Gasteiger partial charge is 0.508 e. The van der Waals surface area contributed by atoms with Crippen LogP contribution in [0.2, 0.25) is 0 Å². The number of imidazole rings is 1. The Kier molecular flexibility index (Phi) is 16.5. The number of thioether (sulfide) groups is 1. The van der Waals surface area contributed by atoms with E-state index in [0.29, 0.717) is 5.56 Å². The fourth-order valence-electron chi connectivity index (χ4n) is 5.08. The number of anilines is 1. The van der Waals surface area contributed by atoms with Crippen molar-refractivity contribution >= 4 is 75.2 Å². The highest BCUT2D eigenvalue weighted by molar-refractivity contribution is 8.14. The van der Waals surface area contributed by atoms with Crippen molar-refractivity contribution in [3.05, 3.63) is 48.6 Å². The Morgan fingerprint density at radius 2 is 1.71 bits per heavy atom. The molecular formula is C30H42N7O18P3S. The van der Waals surface area contributed by atoms with Gasteiger partial charge in [-0.05, 0) is 23.8 Å². The number of rotatable bonds is 21. The Morgan fingerprint density at radius 1 is 1.03 bits per heavy atom. The van der Waals surface area contributed by atoms with E-state index in [9.17, 15) is 63.0 Å². The lowest BCUT2D eigenvalue weighted by molar-refractivity contribution is -0.137. The normalized spacial score (nSPS) is 21.2. The molecule has 1 aliphatic rings. The first-order chi connectivity index (χ1) is 27.5. The first-order valence-corrected chi connectivity index (χ1v) is 22.5. The van der Waals surface area contributed by atoms with Crippen LogP contribution >= 0.6 is 35.2 Å². The number of nitrogens with zero attached hydrogens (tertiary/aromatic N) is 4. The molecule has 2 amide bonds. The number of hydrogen-bond acceptors (Lipinski definition) is 19. The van der Waals surface area contributed by atoms with Gasteiger partial charge in [-0.2, -0.15) is 4.31 Å². The Hall–Kier alpha value is -3.68. The van der Waals surface area contributed by atoms with Gasteiger partial charge < -0.3 is 56.0 Å². The molecule has 0 saturated carbocycles. The van der Waals surface area contributed by atoms with E-state index in [0.717, 1.165) is 29.0 Å². The van der Waals surface area contributed by atoms with Gasteiger partial charge in [0.15, 0.2) is 17.7 Å². The molecule has 4 unspecified atom stereocenters. The van der Waals surface area contributed by atoms with Crippen LogP contribution in [0.4, 0.5) is 5.82 Å². The van der Waals surface area contributed by atoms with Crippen LogP contribution in [0.5, 0.6) is 5.75 Å². The number of amides is 2. The van der Waals surface area contributed by atoms with E-state index in [1.807, 2.05) is 0 Å². The van der Waals surface area contributed by atoms with Crippen LogP contribution in [-0.2, 0) is 50.7 Å². The molecule has 3 heterocycles. The highest BCUT2D eigenvalue weighted by atomic mass is 32.2. The van der Waals surface area contributed by atoms with Crippen LogP contribution in [0.1, 0.15) is 32.1 Å². The van der Waals surface area contributed by atoms with Crippen molar-refractivity contribution in [1.29, 1.82) is 0 Å². The molecule has 29 heteroatoms. The van der Waals surface area contributed by atoms with Crippen molar-refractivity contribution in [3.63, 3.8) is 0 Å². The van der Waals surface area contributed by atoms with E-state index < -0.39 is 84.6 Å². The molecule has 1 aromatic carbocycles. The number of nitrogen functional groups attached to an aromatic ring is 1. The third kappa shape index (κ3) is 14.5. The van der Waals surface area contributed by atoms with Crippen LogP contribution in [0, 0.1) is 5.41 Å². The number of phenolic OH excluding ortho intramolecular Hbond substituents is 1. The van der Waals surface area contributed by atoms with E-state index in [1.165, 1.54) is 32.1 Å². The minimum absolute atomic E-state index is 0.0243. The average molecular weight is 914 g/mol. The molecule has 1 aliphatic heterocycles. The van der Waals surface area contributed by atoms with E-state index in [2.05, 4.69) is 34.4 Å². The van der Waals surface area contributed by atoms with Gasteiger partial charge in [0.2, 0.25) is 16.9 Å². The van der Waals surface area contributed by atoms with Crippen LogP contribution in [0.3, 0.4) is 0 Å². The lowest BCUT2D eigenvalue weighted by Crippen LogP contribution is -2.46. The summed E-state index contributed by atoms with van der Waals surface area (Å²) >= 11 is 0.956. The fraction of sp³-hybridized carbons (Fsp3) is 0.467. The van der Waals surface area contributed by atoms with Crippen molar-refractivity contribution in [2.45, 2.75) is 50.9 Å². The molecule has 326 valence electrons. The van der Waals surface area contributed by atoms with Gasteiger partial charge in [0, 0.05) is 30.7 Å². The zero-order chi connectivity index (χ0) is 43.8. The third-order valence-electron chi connectivity index (χ3n) is 8.05. The van der Waals surface area contributed by atoms with Gasteiger partial charge in [0.25, 0.3) is 0 Å². The molecule has 1 fully saturated rings. The van der Waals surface area contributed by atoms with E-state index in [-0.39, 0.29) is 53.1 Å². The molecule has 4 rings (SSSR count). The maximum Gasteiger partial charge on any atom is 0.481 e. The molecule has 0 radical (unpaired) electrons. The van der Waals surface area contributed by atoms with Crippen molar-refractivity contribution < 1.29 is 85.6 Å².